The number of nitrogens with two attached hydrogens (primary N) is 1. The standard InChI is InChI=1S/C11H22N2O3/c1-3-16-10(14)5-4-8-13-11(15)9(2)6-7-12/h9H,3-8,12H2,1-2H3,(H,13,15). The minimum absolute atomic E-state index is 0.00527. The van der Waals surface area contributed by atoms with Crippen molar-refractivity contribution in [3.05, 3.63) is 0 Å². The minimum atomic E-state index is -0.216. The smallest absolute Gasteiger partial charge is 0.305 e. The Hall–Kier alpha value is -1.10. The third kappa shape index (κ3) is 7.23. The van der Waals surface area contributed by atoms with Crippen LogP contribution in [0, 0.1) is 5.92 Å². The number of hydrogen-bond donors (Lipinski definition) is 2. The zero-order valence-corrected chi connectivity index (χ0v) is 10.1. The number of esters is 1. The zero-order valence-electron chi connectivity index (χ0n) is 10.1. The molecule has 0 radical (unpaired) electrons. The Morgan fingerprint density at radius 2 is 2.12 bits per heavy atom. The largest absolute Gasteiger partial charge is 0.466 e. The summed E-state index contributed by atoms with van der Waals surface area (Å²) in [5, 5.41) is 2.76. The Morgan fingerprint density at radius 3 is 2.69 bits per heavy atom. The summed E-state index contributed by atoms with van der Waals surface area (Å²) < 4.78 is 4.77. The molecule has 1 amide bonds. The monoisotopic (exact) mass is 230 g/mol. The molecule has 0 aliphatic rings. The van der Waals surface area contributed by atoms with Crippen LogP contribution in [-0.2, 0) is 14.3 Å². The molecule has 0 bridgehead atoms. The first kappa shape index (κ1) is 14.9. The molecule has 0 saturated heterocycles. The van der Waals surface area contributed by atoms with Gasteiger partial charge in [0.25, 0.3) is 0 Å². The lowest BCUT2D eigenvalue weighted by molar-refractivity contribution is -0.143. The molecule has 0 aromatic rings. The minimum Gasteiger partial charge on any atom is -0.466 e. The second-order valence-electron chi connectivity index (χ2n) is 3.68. The normalized spacial score (nSPS) is 11.9. The molecular formula is C11H22N2O3. The summed E-state index contributed by atoms with van der Waals surface area (Å²) in [5.74, 6) is -0.284. The molecule has 0 aromatic heterocycles. The van der Waals surface area contributed by atoms with E-state index in [1.807, 2.05) is 6.92 Å². The Kier molecular flexibility index (Phi) is 8.52. The third-order valence-corrected chi connectivity index (χ3v) is 2.21. The fraction of sp³-hybridized carbons (Fsp3) is 0.818. The van der Waals surface area contributed by atoms with E-state index in [1.54, 1.807) is 6.92 Å². The van der Waals surface area contributed by atoms with E-state index in [0.29, 0.717) is 39.0 Å². The Labute approximate surface area is 96.7 Å². The average molecular weight is 230 g/mol. The quantitative estimate of drug-likeness (QED) is 0.468. The van der Waals surface area contributed by atoms with Crippen molar-refractivity contribution in [3.8, 4) is 0 Å². The molecule has 0 rings (SSSR count). The average Bonchev–Trinajstić information content (AvgIpc) is 2.24. The molecule has 94 valence electrons. The van der Waals surface area contributed by atoms with Crippen molar-refractivity contribution in [2.24, 2.45) is 11.7 Å². The van der Waals surface area contributed by atoms with E-state index in [2.05, 4.69) is 5.32 Å². The molecule has 16 heavy (non-hydrogen) atoms. The highest BCUT2D eigenvalue weighted by Crippen LogP contribution is 1.99. The second-order valence-corrected chi connectivity index (χ2v) is 3.68. The predicted octanol–water partition coefficient (Wildman–Crippen LogP) is 0.431. The van der Waals surface area contributed by atoms with Crippen molar-refractivity contribution in [1.82, 2.24) is 5.32 Å². The Balaban J connectivity index is 3.51. The SMILES string of the molecule is CCOC(=O)CCCNC(=O)C(C)CCN. The Bertz CT molecular complexity index is 219. The van der Waals surface area contributed by atoms with Gasteiger partial charge in [-0.15, -0.1) is 0 Å². The molecule has 5 nitrogen and oxygen atoms in total. The van der Waals surface area contributed by atoms with Crippen LogP contribution in [0.1, 0.15) is 33.1 Å². The van der Waals surface area contributed by atoms with E-state index < -0.39 is 0 Å². The lowest BCUT2D eigenvalue weighted by atomic mass is 10.1. The van der Waals surface area contributed by atoms with Gasteiger partial charge in [0.15, 0.2) is 0 Å². The van der Waals surface area contributed by atoms with Crippen molar-refractivity contribution in [2.75, 3.05) is 19.7 Å². The van der Waals surface area contributed by atoms with Crippen LogP contribution in [0.5, 0.6) is 0 Å². The highest BCUT2D eigenvalue weighted by Gasteiger charge is 2.10. The molecule has 1 atom stereocenters. The van der Waals surface area contributed by atoms with Gasteiger partial charge in [-0.1, -0.05) is 6.92 Å². The maximum absolute atomic E-state index is 11.4. The molecule has 0 saturated carbocycles. The van der Waals surface area contributed by atoms with Gasteiger partial charge >= 0.3 is 5.97 Å². The summed E-state index contributed by atoms with van der Waals surface area (Å²) in [4.78, 5) is 22.4. The van der Waals surface area contributed by atoms with Gasteiger partial charge < -0.3 is 15.8 Å². The highest BCUT2D eigenvalue weighted by atomic mass is 16.5. The fourth-order valence-electron chi connectivity index (χ4n) is 1.23. The van der Waals surface area contributed by atoms with Gasteiger partial charge in [0.05, 0.1) is 6.61 Å². The number of rotatable bonds is 8. The molecule has 0 aromatic carbocycles. The van der Waals surface area contributed by atoms with Gasteiger partial charge in [0.2, 0.25) is 5.91 Å². The first-order chi connectivity index (χ1) is 7.61. The molecular weight excluding hydrogens is 208 g/mol. The summed E-state index contributed by atoms with van der Waals surface area (Å²) in [6.45, 7) is 5.03. The van der Waals surface area contributed by atoms with E-state index >= 15 is 0 Å². The van der Waals surface area contributed by atoms with E-state index in [9.17, 15) is 9.59 Å². The number of hydrogen-bond acceptors (Lipinski definition) is 4. The van der Waals surface area contributed by atoms with Gasteiger partial charge in [-0.25, -0.2) is 0 Å². The maximum Gasteiger partial charge on any atom is 0.305 e. The first-order valence-corrected chi connectivity index (χ1v) is 5.75. The number of carbonyl (C=O) groups is 2. The van der Waals surface area contributed by atoms with E-state index in [0.717, 1.165) is 0 Å². The van der Waals surface area contributed by atoms with Crippen LogP contribution in [-0.4, -0.2) is 31.6 Å². The van der Waals surface area contributed by atoms with Crippen LogP contribution in [0.2, 0.25) is 0 Å². The summed E-state index contributed by atoms with van der Waals surface area (Å²) >= 11 is 0. The van der Waals surface area contributed by atoms with Gasteiger partial charge in [0, 0.05) is 18.9 Å². The molecule has 0 aliphatic carbocycles. The highest BCUT2D eigenvalue weighted by molar-refractivity contribution is 5.78. The molecule has 0 fully saturated rings. The molecule has 0 spiro atoms. The van der Waals surface area contributed by atoms with Gasteiger partial charge in [-0.3, -0.25) is 9.59 Å². The first-order valence-electron chi connectivity index (χ1n) is 5.75. The molecule has 1 unspecified atom stereocenters. The topological polar surface area (TPSA) is 81.4 Å². The van der Waals surface area contributed by atoms with Gasteiger partial charge in [0.1, 0.15) is 0 Å². The van der Waals surface area contributed by atoms with Crippen LogP contribution >= 0.6 is 0 Å². The number of nitrogens with one attached hydrogen (secondary N) is 1. The third-order valence-electron chi connectivity index (χ3n) is 2.21. The second kappa shape index (κ2) is 9.15. The molecule has 0 aliphatic heterocycles. The lowest BCUT2D eigenvalue weighted by Gasteiger charge is -2.10. The predicted molar refractivity (Wildman–Crippen MR) is 61.7 cm³/mol. The van der Waals surface area contributed by atoms with Crippen molar-refractivity contribution >= 4 is 11.9 Å². The van der Waals surface area contributed by atoms with Crippen molar-refractivity contribution in [1.29, 1.82) is 0 Å². The zero-order chi connectivity index (χ0) is 12.4. The van der Waals surface area contributed by atoms with E-state index in [1.165, 1.54) is 0 Å². The van der Waals surface area contributed by atoms with Crippen LogP contribution < -0.4 is 11.1 Å². The van der Waals surface area contributed by atoms with Crippen LogP contribution in [0.25, 0.3) is 0 Å². The molecule has 5 heteroatoms. The van der Waals surface area contributed by atoms with Gasteiger partial charge in [-0.05, 0) is 26.3 Å². The lowest BCUT2D eigenvalue weighted by Crippen LogP contribution is -2.31. The fourth-order valence-corrected chi connectivity index (χ4v) is 1.23. The summed E-state index contributed by atoms with van der Waals surface area (Å²) in [7, 11) is 0. The Morgan fingerprint density at radius 1 is 1.44 bits per heavy atom. The number of amides is 1. The summed E-state index contributed by atoms with van der Waals surface area (Å²) in [6, 6.07) is 0. The van der Waals surface area contributed by atoms with E-state index in [-0.39, 0.29) is 17.8 Å². The van der Waals surface area contributed by atoms with E-state index in [4.69, 9.17) is 10.5 Å². The molecule has 3 N–H and O–H groups in total. The van der Waals surface area contributed by atoms with Crippen molar-refractivity contribution in [3.63, 3.8) is 0 Å². The van der Waals surface area contributed by atoms with Crippen LogP contribution in [0.4, 0.5) is 0 Å². The van der Waals surface area contributed by atoms with Gasteiger partial charge in [-0.2, -0.15) is 0 Å². The maximum atomic E-state index is 11.4. The number of ether oxygens (including phenoxy) is 1. The van der Waals surface area contributed by atoms with Crippen LogP contribution in [0.3, 0.4) is 0 Å². The van der Waals surface area contributed by atoms with Crippen LogP contribution in [0.15, 0.2) is 0 Å². The molecule has 0 heterocycles. The van der Waals surface area contributed by atoms with Crippen molar-refractivity contribution < 1.29 is 14.3 Å². The summed E-state index contributed by atoms with van der Waals surface area (Å²) in [5.41, 5.74) is 5.35. The summed E-state index contributed by atoms with van der Waals surface area (Å²) in [6.07, 6.45) is 1.64. The number of carbonyl (C=O) groups excluding carboxylic acids is 2. The van der Waals surface area contributed by atoms with Crippen molar-refractivity contribution in [2.45, 2.75) is 33.1 Å².